The third-order valence-corrected chi connectivity index (χ3v) is 5.18. The predicted molar refractivity (Wildman–Crippen MR) is 102 cm³/mol. The van der Waals surface area contributed by atoms with E-state index in [1.54, 1.807) is 0 Å². The number of amides is 1. The largest absolute Gasteiger partial charge is 0.331 e. The van der Waals surface area contributed by atoms with Crippen LogP contribution < -0.4 is 0 Å². The molecule has 1 saturated carbocycles. The van der Waals surface area contributed by atoms with Gasteiger partial charge in [0, 0.05) is 35.8 Å². The first-order chi connectivity index (χ1) is 13.6. The van der Waals surface area contributed by atoms with Crippen LogP contribution in [0.3, 0.4) is 0 Å². The first-order valence-electron chi connectivity index (χ1n) is 8.42. The van der Waals surface area contributed by atoms with Crippen LogP contribution in [0.2, 0.25) is 5.02 Å². The zero-order chi connectivity index (χ0) is 21.5. The van der Waals surface area contributed by atoms with Gasteiger partial charge in [-0.2, -0.15) is 9.49 Å². The molecule has 3 rings (SSSR count). The smallest absolute Gasteiger partial charge is 0.283 e. The number of hydrogen-bond acceptors (Lipinski definition) is 2. The summed E-state index contributed by atoms with van der Waals surface area (Å²) in [6.45, 7) is -0.304. The molecule has 1 aromatic carbocycles. The topological polar surface area (TPSA) is 38.1 Å². The molecular weight excluding hydrogens is 457 g/mol. The molecule has 0 radical (unpaired) electrons. The number of benzene rings is 1. The molecule has 0 N–H and O–H groups in total. The molecular formula is C18H14Cl3F4N3O. The quantitative estimate of drug-likeness (QED) is 0.505. The molecule has 1 aliphatic carbocycles. The van der Waals surface area contributed by atoms with E-state index in [-0.39, 0.29) is 33.2 Å². The molecule has 29 heavy (non-hydrogen) atoms. The number of aromatic nitrogens is 2. The van der Waals surface area contributed by atoms with Crippen molar-refractivity contribution < 1.29 is 22.4 Å². The molecule has 0 saturated heterocycles. The van der Waals surface area contributed by atoms with Gasteiger partial charge in [-0.05, 0) is 25.0 Å². The molecule has 4 nitrogen and oxygen atoms in total. The Morgan fingerprint density at radius 3 is 2.48 bits per heavy atom. The molecule has 0 spiro atoms. The standard InChI is InChI=1S/C18H14Cl3F4N3O/c1-27-17(25)13(14(26-27)16(23)24)18(29)28(9-3-4-9)7-11(15(20)21)10-5-2-8(19)6-12(10)22/h2,5-6,9,16H,3-4,7H2,1H3. The highest BCUT2D eigenvalue weighted by Gasteiger charge is 2.39. The van der Waals surface area contributed by atoms with Crippen molar-refractivity contribution in [3.05, 3.63) is 56.3 Å². The van der Waals surface area contributed by atoms with E-state index in [2.05, 4.69) is 5.10 Å². The highest BCUT2D eigenvalue weighted by atomic mass is 35.5. The maximum absolute atomic E-state index is 14.4. The van der Waals surface area contributed by atoms with Crippen molar-refractivity contribution in [2.24, 2.45) is 7.05 Å². The average molecular weight is 471 g/mol. The number of carbonyl (C=O) groups is 1. The summed E-state index contributed by atoms with van der Waals surface area (Å²) >= 11 is 17.6. The highest BCUT2D eigenvalue weighted by molar-refractivity contribution is 6.58. The lowest BCUT2D eigenvalue weighted by Crippen LogP contribution is -2.35. The van der Waals surface area contributed by atoms with E-state index in [0.717, 1.165) is 18.0 Å². The monoisotopic (exact) mass is 469 g/mol. The Hall–Kier alpha value is -1.77. The molecule has 0 unspecified atom stereocenters. The summed E-state index contributed by atoms with van der Waals surface area (Å²) in [6.07, 6.45) is -1.99. The number of alkyl halides is 2. The van der Waals surface area contributed by atoms with E-state index < -0.39 is 35.4 Å². The van der Waals surface area contributed by atoms with Crippen LogP contribution in [0.4, 0.5) is 17.6 Å². The molecule has 11 heteroatoms. The van der Waals surface area contributed by atoms with Crippen LogP contribution in [0, 0.1) is 11.8 Å². The highest BCUT2D eigenvalue weighted by Crippen LogP contribution is 2.36. The average Bonchev–Trinajstić information content (AvgIpc) is 3.42. The van der Waals surface area contributed by atoms with Gasteiger partial charge in [0.05, 0.1) is 0 Å². The number of hydrogen-bond donors (Lipinski definition) is 0. The summed E-state index contributed by atoms with van der Waals surface area (Å²) in [5.41, 5.74) is -1.74. The number of rotatable bonds is 6. The number of carbonyl (C=O) groups excluding carboxylic acids is 1. The molecule has 0 atom stereocenters. The van der Waals surface area contributed by atoms with E-state index in [4.69, 9.17) is 34.8 Å². The van der Waals surface area contributed by atoms with Crippen molar-refractivity contribution in [3.63, 3.8) is 0 Å². The van der Waals surface area contributed by atoms with Gasteiger partial charge in [-0.1, -0.05) is 40.9 Å². The predicted octanol–water partition coefficient (Wildman–Crippen LogP) is 5.74. The van der Waals surface area contributed by atoms with Crippen molar-refractivity contribution in [1.29, 1.82) is 0 Å². The minimum Gasteiger partial charge on any atom is -0.331 e. The molecule has 1 fully saturated rings. The Morgan fingerprint density at radius 2 is 1.97 bits per heavy atom. The van der Waals surface area contributed by atoms with Gasteiger partial charge >= 0.3 is 0 Å². The van der Waals surface area contributed by atoms with Gasteiger partial charge in [0.25, 0.3) is 12.3 Å². The Morgan fingerprint density at radius 1 is 1.31 bits per heavy atom. The van der Waals surface area contributed by atoms with Crippen molar-refractivity contribution in [2.75, 3.05) is 6.54 Å². The normalized spacial score (nSPS) is 13.7. The Balaban J connectivity index is 2.01. The van der Waals surface area contributed by atoms with Gasteiger partial charge in [-0.25, -0.2) is 17.9 Å². The summed E-state index contributed by atoms with van der Waals surface area (Å²) in [4.78, 5) is 14.1. The zero-order valence-corrected chi connectivity index (χ0v) is 17.2. The Labute approximate surface area is 178 Å². The van der Waals surface area contributed by atoms with Crippen LogP contribution in [0.1, 0.15) is 40.9 Å². The van der Waals surface area contributed by atoms with Gasteiger partial charge < -0.3 is 4.90 Å². The second-order valence-corrected chi connectivity index (χ2v) is 7.89. The van der Waals surface area contributed by atoms with Crippen molar-refractivity contribution in [2.45, 2.75) is 25.3 Å². The van der Waals surface area contributed by atoms with E-state index in [1.807, 2.05) is 0 Å². The lowest BCUT2D eigenvalue weighted by atomic mass is 10.1. The van der Waals surface area contributed by atoms with Gasteiger partial charge in [-0.3, -0.25) is 4.79 Å². The summed E-state index contributed by atoms with van der Waals surface area (Å²) in [7, 11) is 1.11. The van der Waals surface area contributed by atoms with Gasteiger partial charge in [0.1, 0.15) is 21.6 Å². The van der Waals surface area contributed by atoms with Crippen LogP contribution in [-0.2, 0) is 7.05 Å². The van der Waals surface area contributed by atoms with E-state index in [1.165, 1.54) is 12.1 Å². The third kappa shape index (κ3) is 4.54. The number of nitrogens with zero attached hydrogens (tertiary/aromatic N) is 3. The molecule has 156 valence electrons. The fraction of sp³-hybridized carbons (Fsp3) is 0.333. The summed E-state index contributed by atoms with van der Waals surface area (Å²) in [6, 6.07) is 3.45. The van der Waals surface area contributed by atoms with Crippen LogP contribution in [0.5, 0.6) is 0 Å². The van der Waals surface area contributed by atoms with Crippen LogP contribution in [0.25, 0.3) is 5.57 Å². The minimum absolute atomic E-state index is 0.00593. The van der Waals surface area contributed by atoms with Crippen LogP contribution in [0.15, 0.2) is 22.7 Å². The minimum atomic E-state index is -3.15. The fourth-order valence-corrected chi connectivity index (χ4v) is 3.40. The zero-order valence-electron chi connectivity index (χ0n) is 14.9. The van der Waals surface area contributed by atoms with Crippen LogP contribution in [-0.4, -0.2) is 33.2 Å². The van der Waals surface area contributed by atoms with E-state index >= 15 is 0 Å². The number of aryl methyl sites for hydroxylation is 1. The Bertz CT molecular complexity index is 985. The van der Waals surface area contributed by atoms with Gasteiger partial charge in [-0.15, -0.1) is 0 Å². The molecule has 1 amide bonds. The summed E-state index contributed by atoms with van der Waals surface area (Å²) < 4.78 is 55.6. The maximum atomic E-state index is 14.4. The summed E-state index contributed by atoms with van der Waals surface area (Å²) in [5.74, 6) is -2.90. The molecule has 1 aromatic heterocycles. The Kier molecular flexibility index (Phi) is 6.45. The fourth-order valence-electron chi connectivity index (χ4n) is 2.92. The molecule has 0 bridgehead atoms. The second-order valence-electron chi connectivity index (χ2n) is 6.50. The SMILES string of the molecule is Cn1nc(C(F)F)c(C(=O)N(CC(=C(Cl)Cl)c2ccc(Cl)cc2F)C2CC2)c1F. The summed E-state index contributed by atoms with van der Waals surface area (Å²) in [5, 5.41) is 3.54. The first kappa shape index (κ1) is 21.9. The molecule has 0 aliphatic heterocycles. The van der Waals surface area contributed by atoms with Crippen LogP contribution >= 0.6 is 34.8 Å². The van der Waals surface area contributed by atoms with Gasteiger partial charge in [0.2, 0.25) is 5.95 Å². The van der Waals surface area contributed by atoms with Crippen molar-refractivity contribution >= 4 is 46.3 Å². The molecule has 1 aliphatic rings. The van der Waals surface area contributed by atoms with E-state index in [0.29, 0.717) is 17.5 Å². The lowest BCUT2D eigenvalue weighted by Gasteiger charge is -2.24. The third-order valence-electron chi connectivity index (χ3n) is 4.49. The molecule has 1 heterocycles. The van der Waals surface area contributed by atoms with Crippen molar-refractivity contribution in [1.82, 2.24) is 14.7 Å². The van der Waals surface area contributed by atoms with E-state index in [9.17, 15) is 22.4 Å². The molecule has 2 aromatic rings. The second kappa shape index (κ2) is 8.53. The van der Waals surface area contributed by atoms with Crippen molar-refractivity contribution in [3.8, 4) is 0 Å². The maximum Gasteiger partial charge on any atom is 0.283 e. The first-order valence-corrected chi connectivity index (χ1v) is 9.56. The number of halogens is 7. The lowest BCUT2D eigenvalue weighted by molar-refractivity contribution is 0.0747. The van der Waals surface area contributed by atoms with Gasteiger partial charge in [0.15, 0.2) is 0 Å².